The van der Waals surface area contributed by atoms with Crippen LogP contribution in [0.5, 0.6) is 0 Å². The molecule has 1 atom stereocenters. The predicted molar refractivity (Wildman–Crippen MR) is 87.2 cm³/mol. The molecule has 0 aromatic heterocycles. The zero-order chi connectivity index (χ0) is 14.5. The van der Waals surface area contributed by atoms with Crippen molar-refractivity contribution in [2.24, 2.45) is 5.92 Å². The normalized spacial score (nSPS) is 24.9. The Morgan fingerprint density at radius 3 is 2.05 bits per heavy atom. The van der Waals surface area contributed by atoms with E-state index in [0.29, 0.717) is 12.1 Å². The van der Waals surface area contributed by atoms with Crippen LogP contribution >= 0.6 is 0 Å². The van der Waals surface area contributed by atoms with Crippen LogP contribution in [0.15, 0.2) is 0 Å². The second-order valence-electron chi connectivity index (χ2n) is 7.38. The zero-order valence-electron chi connectivity index (χ0n) is 14.1. The van der Waals surface area contributed by atoms with Gasteiger partial charge in [0.15, 0.2) is 0 Å². The van der Waals surface area contributed by atoms with Crippen LogP contribution < -0.4 is 5.32 Å². The molecule has 1 heterocycles. The Labute approximate surface area is 126 Å². The molecule has 3 heteroatoms. The molecule has 1 unspecified atom stereocenters. The molecule has 3 nitrogen and oxygen atoms in total. The molecule has 0 amide bonds. The number of rotatable bonds is 6. The number of piperazine rings is 1. The fourth-order valence-electron chi connectivity index (χ4n) is 3.85. The third kappa shape index (κ3) is 4.44. The Morgan fingerprint density at radius 2 is 1.55 bits per heavy atom. The van der Waals surface area contributed by atoms with Gasteiger partial charge in [0.2, 0.25) is 0 Å². The van der Waals surface area contributed by atoms with Crippen LogP contribution in [0.2, 0.25) is 0 Å². The highest BCUT2D eigenvalue weighted by Crippen LogP contribution is 2.25. The van der Waals surface area contributed by atoms with Crippen molar-refractivity contribution in [2.45, 2.75) is 71.5 Å². The van der Waals surface area contributed by atoms with Gasteiger partial charge in [-0.2, -0.15) is 0 Å². The van der Waals surface area contributed by atoms with E-state index in [1.807, 2.05) is 0 Å². The number of nitrogens with zero attached hydrogens (tertiary/aromatic N) is 2. The van der Waals surface area contributed by atoms with Crippen molar-refractivity contribution in [1.82, 2.24) is 15.1 Å². The quantitative estimate of drug-likeness (QED) is 0.807. The second-order valence-corrected chi connectivity index (χ2v) is 7.38. The molecule has 118 valence electrons. The molecule has 1 aliphatic carbocycles. The molecule has 1 aliphatic heterocycles. The molecular weight excluding hydrogens is 246 g/mol. The molecule has 1 saturated carbocycles. The van der Waals surface area contributed by atoms with Gasteiger partial charge in [-0.05, 0) is 18.8 Å². The summed E-state index contributed by atoms with van der Waals surface area (Å²) in [5.74, 6) is 0.735. The highest BCUT2D eigenvalue weighted by atomic mass is 15.3. The summed E-state index contributed by atoms with van der Waals surface area (Å²) in [6, 6.07) is 2.20. The lowest BCUT2D eigenvalue weighted by molar-refractivity contribution is 0.0545. The largest absolute Gasteiger partial charge is 0.313 e. The fraction of sp³-hybridized carbons (Fsp3) is 1.00. The van der Waals surface area contributed by atoms with Gasteiger partial charge in [0, 0.05) is 50.8 Å². The summed E-state index contributed by atoms with van der Waals surface area (Å²) in [5, 5.41) is 3.64. The molecule has 0 aromatic carbocycles. The maximum absolute atomic E-state index is 3.64. The smallest absolute Gasteiger partial charge is 0.0244 e. The van der Waals surface area contributed by atoms with E-state index in [4.69, 9.17) is 0 Å². The summed E-state index contributed by atoms with van der Waals surface area (Å²) >= 11 is 0. The summed E-state index contributed by atoms with van der Waals surface area (Å²) in [6.45, 7) is 15.5. The number of hydrogen-bond donors (Lipinski definition) is 1. The average molecular weight is 281 g/mol. The second kappa shape index (κ2) is 7.77. The molecule has 2 rings (SSSR count). The van der Waals surface area contributed by atoms with Crippen molar-refractivity contribution < 1.29 is 0 Å². The van der Waals surface area contributed by atoms with Crippen LogP contribution in [0.3, 0.4) is 0 Å². The molecule has 0 aromatic rings. The lowest BCUT2D eigenvalue weighted by Gasteiger charge is -2.43. The first kappa shape index (κ1) is 16.3. The van der Waals surface area contributed by atoms with Crippen molar-refractivity contribution in [1.29, 1.82) is 0 Å². The third-order valence-electron chi connectivity index (χ3n) is 5.16. The van der Waals surface area contributed by atoms with Gasteiger partial charge in [0.1, 0.15) is 0 Å². The monoisotopic (exact) mass is 281 g/mol. The van der Waals surface area contributed by atoms with E-state index in [2.05, 4.69) is 42.8 Å². The van der Waals surface area contributed by atoms with E-state index in [9.17, 15) is 0 Å². The maximum atomic E-state index is 3.64. The van der Waals surface area contributed by atoms with Crippen LogP contribution in [0.25, 0.3) is 0 Å². The lowest BCUT2D eigenvalue weighted by atomic mass is 10.0. The van der Waals surface area contributed by atoms with Crippen LogP contribution in [0.4, 0.5) is 0 Å². The molecule has 1 saturated heterocycles. The van der Waals surface area contributed by atoms with E-state index in [-0.39, 0.29) is 0 Å². The summed E-state index contributed by atoms with van der Waals surface area (Å²) in [7, 11) is 0. The zero-order valence-corrected chi connectivity index (χ0v) is 14.1. The molecule has 0 spiro atoms. The Kier molecular flexibility index (Phi) is 6.31. The number of hydrogen-bond acceptors (Lipinski definition) is 3. The van der Waals surface area contributed by atoms with Crippen LogP contribution in [-0.4, -0.2) is 60.6 Å². The van der Waals surface area contributed by atoms with Crippen LogP contribution in [0, 0.1) is 5.92 Å². The van der Waals surface area contributed by atoms with E-state index in [1.54, 1.807) is 0 Å². The lowest BCUT2D eigenvalue weighted by Crippen LogP contribution is -2.56. The summed E-state index contributed by atoms with van der Waals surface area (Å²) < 4.78 is 0. The topological polar surface area (TPSA) is 18.5 Å². The third-order valence-corrected chi connectivity index (χ3v) is 5.16. The Bertz CT molecular complexity index is 263. The summed E-state index contributed by atoms with van der Waals surface area (Å²) in [4.78, 5) is 5.49. The standard InChI is InChI=1S/C17H35N3/c1-14(2)17(13-18-15(3)4)20-11-9-19(10-12-20)16-7-5-6-8-16/h14-18H,5-13H2,1-4H3. The first-order chi connectivity index (χ1) is 9.58. The molecule has 2 aliphatic rings. The average Bonchev–Trinajstić information content (AvgIpc) is 2.93. The Morgan fingerprint density at radius 1 is 0.950 bits per heavy atom. The van der Waals surface area contributed by atoms with Crippen LogP contribution in [-0.2, 0) is 0 Å². The molecule has 0 bridgehead atoms. The van der Waals surface area contributed by atoms with Gasteiger partial charge in [-0.3, -0.25) is 9.80 Å². The van der Waals surface area contributed by atoms with Gasteiger partial charge in [-0.15, -0.1) is 0 Å². The predicted octanol–water partition coefficient (Wildman–Crippen LogP) is 2.57. The summed E-state index contributed by atoms with van der Waals surface area (Å²) in [5.41, 5.74) is 0. The van der Waals surface area contributed by atoms with Crippen molar-refractivity contribution in [3.8, 4) is 0 Å². The molecule has 2 fully saturated rings. The number of nitrogens with one attached hydrogen (secondary N) is 1. The first-order valence-electron chi connectivity index (χ1n) is 8.79. The summed E-state index contributed by atoms with van der Waals surface area (Å²) in [6.07, 6.45) is 5.81. The minimum atomic E-state index is 0.594. The Balaban J connectivity index is 1.80. The van der Waals surface area contributed by atoms with E-state index < -0.39 is 0 Å². The highest BCUT2D eigenvalue weighted by molar-refractivity contribution is 4.86. The van der Waals surface area contributed by atoms with Crippen molar-refractivity contribution in [3.63, 3.8) is 0 Å². The maximum Gasteiger partial charge on any atom is 0.0244 e. The SMILES string of the molecule is CC(C)NCC(C(C)C)N1CCN(C2CCCC2)CC1. The van der Waals surface area contributed by atoms with Gasteiger partial charge in [-0.25, -0.2) is 0 Å². The van der Waals surface area contributed by atoms with Crippen molar-refractivity contribution in [3.05, 3.63) is 0 Å². The molecule has 20 heavy (non-hydrogen) atoms. The van der Waals surface area contributed by atoms with Crippen molar-refractivity contribution in [2.75, 3.05) is 32.7 Å². The molecule has 0 radical (unpaired) electrons. The minimum Gasteiger partial charge on any atom is -0.313 e. The van der Waals surface area contributed by atoms with Gasteiger partial charge in [0.05, 0.1) is 0 Å². The van der Waals surface area contributed by atoms with Crippen LogP contribution in [0.1, 0.15) is 53.4 Å². The van der Waals surface area contributed by atoms with E-state index in [1.165, 1.54) is 51.9 Å². The van der Waals surface area contributed by atoms with E-state index in [0.717, 1.165) is 18.5 Å². The van der Waals surface area contributed by atoms with Gasteiger partial charge in [0.25, 0.3) is 0 Å². The molecular formula is C17H35N3. The fourth-order valence-corrected chi connectivity index (χ4v) is 3.85. The highest BCUT2D eigenvalue weighted by Gasteiger charge is 2.29. The van der Waals surface area contributed by atoms with Crippen molar-refractivity contribution >= 4 is 0 Å². The van der Waals surface area contributed by atoms with Gasteiger partial charge < -0.3 is 5.32 Å². The first-order valence-corrected chi connectivity index (χ1v) is 8.79. The minimum absolute atomic E-state index is 0.594. The van der Waals surface area contributed by atoms with Gasteiger partial charge in [-0.1, -0.05) is 40.5 Å². The Hall–Kier alpha value is -0.120. The van der Waals surface area contributed by atoms with Gasteiger partial charge >= 0.3 is 0 Å². The van der Waals surface area contributed by atoms with E-state index >= 15 is 0 Å². The molecule has 1 N–H and O–H groups in total.